The summed E-state index contributed by atoms with van der Waals surface area (Å²) in [5.74, 6) is 0.387. The van der Waals surface area contributed by atoms with Gasteiger partial charge in [0.2, 0.25) is 0 Å². The summed E-state index contributed by atoms with van der Waals surface area (Å²) in [6.07, 6.45) is 4.88. The summed E-state index contributed by atoms with van der Waals surface area (Å²) in [6.45, 7) is 3.96. The van der Waals surface area contributed by atoms with E-state index < -0.39 is 11.8 Å². The molecule has 2 N–H and O–H groups in total. The fraction of sp³-hybridized carbons (Fsp3) is 0.217. The van der Waals surface area contributed by atoms with Crippen molar-refractivity contribution in [3.63, 3.8) is 0 Å². The maximum absolute atomic E-state index is 12.9. The smallest absolute Gasteiger partial charge is 0.327 e. The van der Waals surface area contributed by atoms with Crippen molar-refractivity contribution in [2.75, 3.05) is 6.54 Å². The monoisotopic (exact) mass is 451 g/mol. The number of nitrogens with zero attached hydrogens (tertiary/aromatic N) is 6. The maximum atomic E-state index is 12.9. The van der Waals surface area contributed by atoms with Crippen LogP contribution in [0.3, 0.4) is 0 Å². The molecule has 4 rings (SSSR count). The summed E-state index contributed by atoms with van der Waals surface area (Å²) in [4.78, 5) is 17.1. The van der Waals surface area contributed by atoms with E-state index >= 15 is 0 Å². The summed E-state index contributed by atoms with van der Waals surface area (Å²) >= 11 is 0. The number of halogens is 2. The molecule has 0 aliphatic heterocycles. The van der Waals surface area contributed by atoms with Crippen molar-refractivity contribution < 1.29 is 8.78 Å². The molecule has 33 heavy (non-hydrogen) atoms. The second kappa shape index (κ2) is 9.29. The van der Waals surface area contributed by atoms with Gasteiger partial charge < -0.3 is 5.73 Å². The van der Waals surface area contributed by atoms with Crippen molar-refractivity contribution in [3.05, 3.63) is 83.0 Å². The van der Waals surface area contributed by atoms with Crippen LogP contribution in [0.25, 0.3) is 28.1 Å². The number of benzene rings is 1. The molecule has 4 aromatic rings. The van der Waals surface area contributed by atoms with Crippen LogP contribution < -0.4 is 11.4 Å². The van der Waals surface area contributed by atoms with Gasteiger partial charge in [0.15, 0.2) is 0 Å². The third-order valence-electron chi connectivity index (χ3n) is 5.38. The van der Waals surface area contributed by atoms with E-state index in [0.29, 0.717) is 5.82 Å². The topological polar surface area (TPSA) is 96.5 Å². The lowest BCUT2D eigenvalue weighted by atomic mass is 10.0. The van der Waals surface area contributed by atoms with Crippen LogP contribution >= 0.6 is 0 Å². The van der Waals surface area contributed by atoms with Crippen LogP contribution in [0.1, 0.15) is 12.5 Å². The van der Waals surface area contributed by atoms with Crippen molar-refractivity contribution in [3.8, 4) is 28.1 Å². The van der Waals surface area contributed by atoms with E-state index in [9.17, 15) is 13.6 Å². The van der Waals surface area contributed by atoms with E-state index in [1.165, 1.54) is 10.9 Å². The molecule has 0 saturated heterocycles. The first-order valence-electron chi connectivity index (χ1n) is 10.4. The largest absolute Gasteiger partial charge is 0.351 e. The van der Waals surface area contributed by atoms with Gasteiger partial charge in [0.25, 0.3) is 6.08 Å². The van der Waals surface area contributed by atoms with Gasteiger partial charge >= 0.3 is 5.69 Å². The molecular weight excluding hydrogens is 428 g/mol. The second-order valence-electron chi connectivity index (χ2n) is 7.54. The highest BCUT2D eigenvalue weighted by atomic mass is 19.3. The second-order valence-corrected chi connectivity index (χ2v) is 7.54. The van der Waals surface area contributed by atoms with E-state index in [0.717, 1.165) is 39.0 Å². The molecule has 3 heterocycles. The zero-order chi connectivity index (χ0) is 23.5. The van der Waals surface area contributed by atoms with Crippen molar-refractivity contribution in [1.29, 1.82) is 0 Å². The molecule has 0 saturated carbocycles. The number of pyridine rings is 1. The SMILES string of the molecule is CCn1cc(-c2ccc(-c3cnc(-n4cnn(CC(CN)=C(F)F)c4=O)c(C)c3)cc2)cn1. The Kier molecular flexibility index (Phi) is 6.27. The van der Waals surface area contributed by atoms with E-state index in [2.05, 4.69) is 15.2 Å². The van der Waals surface area contributed by atoms with Gasteiger partial charge in [-0.2, -0.15) is 19.0 Å². The van der Waals surface area contributed by atoms with Crippen LogP contribution in [0.2, 0.25) is 0 Å². The minimum Gasteiger partial charge on any atom is -0.327 e. The van der Waals surface area contributed by atoms with Crippen LogP contribution in [0.15, 0.2) is 71.7 Å². The van der Waals surface area contributed by atoms with Gasteiger partial charge in [0.05, 0.1) is 12.7 Å². The van der Waals surface area contributed by atoms with Crippen molar-refractivity contribution in [2.45, 2.75) is 26.9 Å². The molecule has 10 heteroatoms. The summed E-state index contributed by atoms with van der Waals surface area (Å²) in [5, 5.41) is 8.23. The van der Waals surface area contributed by atoms with Gasteiger partial charge in [-0.1, -0.05) is 24.3 Å². The Bertz CT molecular complexity index is 1360. The van der Waals surface area contributed by atoms with E-state index in [1.807, 2.05) is 61.3 Å². The number of rotatable bonds is 7. The molecule has 0 aliphatic rings. The minimum absolute atomic E-state index is 0.340. The molecule has 0 bridgehead atoms. The third-order valence-corrected chi connectivity index (χ3v) is 5.38. The number of hydrogen-bond acceptors (Lipinski definition) is 5. The number of aromatic nitrogens is 6. The molecule has 170 valence electrons. The average Bonchev–Trinajstić information content (AvgIpc) is 3.44. The average molecular weight is 451 g/mol. The third kappa shape index (κ3) is 4.51. The predicted octanol–water partition coefficient (Wildman–Crippen LogP) is 3.40. The van der Waals surface area contributed by atoms with Gasteiger partial charge in [0, 0.05) is 42.2 Å². The lowest BCUT2D eigenvalue weighted by molar-refractivity contribution is 0.400. The van der Waals surface area contributed by atoms with E-state index in [-0.39, 0.29) is 18.7 Å². The van der Waals surface area contributed by atoms with Gasteiger partial charge in [-0.25, -0.2) is 19.0 Å². The van der Waals surface area contributed by atoms with Gasteiger partial charge in [-0.05, 0) is 36.6 Å². The normalized spacial score (nSPS) is 11.1. The van der Waals surface area contributed by atoms with Crippen molar-refractivity contribution >= 4 is 0 Å². The van der Waals surface area contributed by atoms with Crippen LogP contribution in [0.5, 0.6) is 0 Å². The minimum atomic E-state index is -1.90. The first-order chi connectivity index (χ1) is 15.9. The van der Waals surface area contributed by atoms with Gasteiger partial charge in [-0.3, -0.25) is 4.68 Å². The van der Waals surface area contributed by atoms with Crippen LogP contribution in [0, 0.1) is 6.92 Å². The Morgan fingerprint density at radius 1 is 1.03 bits per heavy atom. The summed E-state index contributed by atoms with van der Waals surface area (Å²) in [5.41, 5.74) is 9.14. The molecule has 0 radical (unpaired) electrons. The molecule has 1 aromatic carbocycles. The molecule has 0 spiro atoms. The Hall–Kier alpha value is -3.92. The summed E-state index contributed by atoms with van der Waals surface area (Å²) in [7, 11) is 0. The van der Waals surface area contributed by atoms with E-state index in [4.69, 9.17) is 5.73 Å². The standard InChI is InChI=1S/C23H23F2N7O/c1-3-30-12-20(11-28-30)17-6-4-16(5-7-17)18-8-15(2)22(27-10-18)31-14-29-32(23(31)33)13-19(9-26)21(24)25/h4-8,10-12,14H,3,9,13,26H2,1-2H3. The molecular formula is C23H23F2N7O. The highest BCUT2D eigenvalue weighted by Crippen LogP contribution is 2.26. The molecule has 0 amide bonds. The molecule has 0 fully saturated rings. The van der Waals surface area contributed by atoms with Gasteiger partial charge in [-0.15, -0.1) is 0 Å². The van der Waals surface area contributed by atoms with Gasteiger partial charge in [0.1, 0.15) is 12.1 Å². The van der Waals surface area contributed by atoms with Crippen molar-refractivity contribution in [2.24, 2.45) is 5.73 Å². The highest BCUT2D eigenvalue weighted by Gasteiger charge is 2.14. The Balaban J connectivity index is 1.59. The summed E-state index contributed by atoms with van der Waals surface area (Å²) in [6, 6.07) is 9.98. The predicted molar refractivity (Wildman–Crippen MR) is 121 cm³/mol. The lowest BCUT2D eigenvalue weighted by Gasteiger charge is -2.08. The first kappa shape index (κ1) is 22.3. The number of nitrogens with two attached hydrogens (primary N) is 1. The molecule has 3 aromatic heterocycles. The Morgan fingerprint density at radius 3 is 2.30 bits per heavy atom. The first-order valence-corrected chi connectivity index (χ1v) is 10.4. The Morgan fingerprint density at radius 2 is 1.73 bits per heavy atom. The van der Waals surface area contributed by atoms with E-state index in [1.54, 1.807) is 6.20 Å². The highest BCUT2D eigenvalue weighted by molar-refractivity contribution is 5.70. The molecule has 0 unspecified atom stereocenters. The maximum Gasteiger partial charge on any atom is 0.351 e. The fourth-order valence-electron chi connectivity index (χ4n) is 3.49. The van der Waals surface area contributed by atoms with Crippen LogP contribution in [-0.2, 0) is 13.1 Å². The zero-order valence-electron chi connectivity index (χ0n) is 18.2. The molecule has 8 nitrogen and oxygen atoms in total. The number of aryl methyl sites for hydroxylation is 2. The number of hydrogen-bond donors (Lipinski definition) is 1. The quantitative estimate of drug-likeness (QED) is 0.465. The molecule has 0 atom stereocenters. The van der Waals surface area contributed by atoms with Crippen molar-refractivity contribution in [1.82, 2.24) is 29.1 Å². The summed E-state index contributed by atoms with van der Waals surface area (Å²) < 4.78 is 29.8. The fourth-order valence-corrected chi connectivity index (χ4v) is 3.49. The lowest BCUT2D eigenvalue weighted by Crippen LogP contribution is -2.27. The van der Waals surface area contributed by atoms with Crippen LogP contribution in [-0.4, -0.2) is 35.7 Å². The van der Waals surface area contributed by atoms with Crippen LogP contribution in [0.4, 0.5) is 8.78 Å². The molecule has 0 aliphatic carbocycles. The Labute approximate surface area is 188 Å². The zero-order valence-corrected chi connectivity index (χ0v) is 18.2.